The van der Waals surface area contributed by atoms with Crippen LogP contribution >= 0.6 is 0 Å². The first-order valence-corrected chi connectivity index (χ1v) is 2.93. The van der Waals surface area contributed by atoms with Crippen molar-refractivity contribution >= 4 is 0 Å². The molecule has 0 bridgehead atoms. The molecule has 1 aromatic heterocycles. The predicted octanol–water partition coefficient (Wildman–Crippen LogP) is 1.70. The lowest BCUT2D eigenvalue weighted by Crippen LogP contribution is -2.14. The highest BCUT2D eigenvalue weighted by Gasteiger charge is 2.31. The minimum Gasteiger partial charge on any atom is -0.357 e. The van der Waals surface area contributed by atoms with E-state index in [1.54, 1.807) is 4.98 Å². The number of hydrogen-bond acceptors (Lipinski definition) is 1. The van der Waals surface area contributed by atoms with Gasteiger partial charge in [0.25, 0.3) is 0 Å². The maximum absolute atomic E-state index is 12.1. The second-order valence-corrected chi connectivity index (χ2v) is 2.12. The van der Waals surface area contributed by atoms with E-state index in [0.29, 0.717) is 6.20 Å². The van der Waals surface area contributed by atoms with Crippen LogP contribution in [-0.4, -0.2) is 4.98 Å². The molecule has 12 heavy (non-hydrogen) atoms. The Hall–Kier alpha value is -1.26. The molecular weight excluding hydrogens is 171 g/mol. The Morgan fingerprint density at radius 1 is 1.58 bits per heavy atom. The van der Waals surface area contributed by atoms with E-state index in [-0.39, 0.29) is 6.07 Å². The van der Waals surface area contributed by atoms with Crippen LogP contribution in [0.1, 0.15) is 15.4 Å². The first-order valence-electron chi connectivity index (χ1n) is 4.43. The first-order chi connectivity index (χ1) is 6.62. The molecule has 1 heterocycles. The van der Waals surface area contributed by atoms with Gasteiger partial charge in [-0.1, -0.05) is 0 Å². The maximum Gasteiger partial charge on any atom is 0.431 e. The van der Waals surface area contributed by atoms with Crippen LogP contribution in [0, 0.1) is 6.85 Å². The van der Waals surface area contributed by atoms with Gasteiger partial charge in [0, 0.05) is 21.9 Å². The fraction of sp³-hybridized carbons (Fsp3) is 0.286. The van der Waals surface area contributed by atoms with Gasteiger partial charge in [-0.3, -0.25) is 4.79 Å². The molecule has 0 aliphatic heterocycles. The summed E-state index contributed by atoms with van der Waals surface area (Å²) in [6.07, 6.45) is -4.12. The summed E-state index contributed by atoms with van der Waals surface area (Å²) in [4.78, 5) is 12.8. The molecule has 0 amide bonds. The maximum atomic E-state index is 12.1. The second kappa shape index (κ2) is 2.66. The van der Waals surface area contributed by atoms with E-state index in [0.717, 1.165) is 0 Å². The Bertz CT molecular complexity index is 421. The van der Waals surface area contributed by atoms with Crippen LogP contribution in [-0.2, 0) is 6.18 Å². The molecule has 0 unspecified atom stereocenters. The smallest absolute Gasteiger partial charge is 0.357 e. The molecule has 0 saturated carbocycles. The van der Waals surface area contributed by atoms with Gasteiger partial charge in [-0.25, -0.2) is 0 Å². The van der Waals surface area contributed by atoms with Crippen LogP contribution in [0.5, 0.6) is 0 Å². The lowest BCUT2D eigenvalue weighted by atomic mass is 10.2. The number of aryl methyl sites for hydroxylation is 1. The van der Waals surface area contributed by atoms with E-state index in [1.807, 2.05) is 0 Å². The monoisotopic (exact) mass is 180 g/mol. The van der Waals surface area contributed by atoms with Crippen LogP contribution < -0.4 is 5.43 Å². The van der Waals surface area contributed by atoms with Crippen LogP contribution in [0.4, 0.5) is 13.2 Å². The van der Waals surface area contributed by atoms with Gasteiger partial charge in [0.05, 0.1) is 0 Å². The van der Waals surface area contributed by atoms with Crippen molar-refractivity contribution in [1.82, 2.24) is 4.98 Å². The molecule has 2 nitrogen and oxygen atoms in total. The molecule has 0 fully saturated rings. The summed E-state index contributed by atoms with van der Waals surface area (Å²) in [6.45, 7) is -2.71. The highest BCUT2D eigenvalue weighted by molar-refractivity contribution is 5.14. The Balaban J connectivity index is 3.28. The fourth-order valence-corrected chi connectivity index (χ4v) is 0.635. The number of rotatable bonds is 0. The predicted molar refractivity (Wildman–Crippen MR) is 36.8 cm³/mol. The fourth-order valence-electron chi connectivity index (χ4n) is 0.635. The van der Waals surface area contributed by atoms with Crippen molar-refractivity contribution in [3.63, 3.8) is 0 Å². The number of halogens is 3. The van der Waals surface area contributed by atoms with Gasteiger partial charge in [-0.2, -0.15) is 13.2 Å². The van der Waals surface area contributed by atoms with Gasteiger partial charge in [0.2, 0.25) is 0 Å². The number of hydrogen-bond donors (Lipinski definition) is 1. The third-order valence-corrected chi connectivity index (χ3v) is 1.22. The molecule has 0 radical (unpaired) electrons. The summed E-state index contributed by atoms with van der Waals surface area (Å²) in [5.74, 6) is 0. The third-order valence-electron chi connectivity index (χ3n) is 1.22. The van der Waals surface area contributed by atoms with Gasteiger partial charge in [-0.05, 0) is 6.85 Å². The van der Waals surface area contributed by atoms with E-state index in [1.165, 1.54) is 0 Å². The molecule has 0 aliphatic rings. The third kappa shape index (κ3) is 1.66. The lowest BCUT2D eigenvalue weighted by molar-refractivity contribution is -0.141. The quantitative estimate of drug-likeness (QED) is 0.647. The number of H-pyrrole nitrogens is 1. The van der Waals surface area contributed by atoms with Crippen LogP contribution in [0.15, 0.2) is 17.1 Å². The van der Waals surface area contributed by atoms with E-state index in [9.17, 15) is 18.0 Å². The Kier molecular flexibility index (Phi) is 1.19. The normalized spacial score (nSPS) is 16.4. The standard InChI is InChI=1S/C7H6F3NO/c1-4-3-11-6(2-5(4)12)7(8,9)10/h2-3H,1H3,(H,11,12)/i1D3. The van der Waals surface area contributed by atoms with E-state index in [2.05, 4.69) is 0 Å². The van der Waals surface area contributed by atoms with Gasteiger partial charge in [0.15, 0.2) is 5.43 Å². The summed E-state index contributed by atoms with van der Waals surface area (Å²) in [5.41, 5.74) is -3.07. The minimum atomic E-state index is -4.69. The SMILES string of the molecule is [2H]C([2H])([2H])c1c[nH]c(C(F)(F)F)cc1=O. The van der Waals surface area contributed by atoms with Crippen molar-refractivity contribution in [2.45, 2.75) is 13.0 Å². The highest BCUT2D eigenvalue weighted by Crippen LogP contribution is 2.25. The molecule has 0 aliphatic carbocycles. The highest BCUT2D eigenvalue weighted by atomic mass is 19.4. The number of nitrogens with one attached hydrogen (secondary N) is 1. The van der Waals surface area contributed by atoms with Crippen molar-refractivity contribution < 1.29 is 17.3 Å². The van der Waals surface area contributed by atoms with Gasteiger partial charge in [0.1, 0.15) is 5.69 Å². The average molecular weight is 180 g/mol. The summed E-state index contributed by atoms with van der Waals surface area (Å²) in [5, 5.41) is 0. The Labute approximate surface area is 70.3 Å². The summed E-state index contributed by atoms with van der Waals surface area (Å²) < 4.78 is 56.9. The number of alkyl halides is 3. The minimum absolute atomic E-state index is 0.238. The summed E-state index contributed by atoms with van der Waals surface area (Å²) in [7, 11) is 0. The molecule has 66 valence electrons. The largest absolute Gasteiger partial charge is 0.431 e. The molecule has 1 aromatic rings. The Morgan fingerprint density at radius 2 is 2.25 bits per heavy atom. The summed E-state index contributed by atoms with van der Waals surface area (Å²) in [6, 6.07) is 0.238. The Morgan fingerprint density at radius 3 is 2.67 bits per heavy atom. The number of aromatic amines is 1. The van der Waals surface area contributed by atoms with E-state index >= 15 is 0 Å². The molecule has 1 N–H and O–H groups in total. The van der Waals surface area contributed by atoms with E-state index < -0.39 is 29.7 Å². The van der Waals surface area contributed by atoms with Crippen LogP contribution in [0.3, 0.4) is 0 Å². The first kappa shape index (κ1) is 5.40. The molecule has 0 spiro atoms. The number of aromatic nitrogens is 1. The molecule has 0 atom stereocenters. The van der Waals surface area contributed by atoms with Gasteiger partial charge in [-0.15, -0.1) is 0 Å². The lowest BCUT2D eigenvalue weighted by Gasteiger charge is -2.05. The molecule has 5 heteroatoms. The molecular formula is C7H6F3NO. The molecule has 0 aromatic carbocycles. The summed E-state index contributed by atoms with van der Waals surface area (Å²) >= 11 is 0. The van der Waals surface area contributed by atoms with E-state index in [4.69, 9.17) is 4.11 Å². The zero-order chi connectivity index (χ0) is 11.9. The van der Waals surface area contributed by atoms with Crippen molar-refractivity contribution in [3.05, 3.63) is 33.7 Å². The van der Waals surface area contributed by atoms with Gasteiger partial charge < -0.3 is 4.98 Å². The number of pyridine rings is 1. The molecule has 1 rings (SSSR count). The van der Waals surface area contributed by atoms with Crippen LogP contribution in [0.25, 0.3) is 0 Å². The van der Waals surface area contributed by atoms with Crippen molar-refractivity contribution in [1.29, 1.82) is 0 Å². The average Bonchev–Trinajstić information content (AvgIpc) is 1.99. The molecule has 0 saturated heterocycles. The van der Waals surface area contributed by atoms with Crippen LogP contribution in [0.2, 0.25) is 0 Å². The zero-order valence-corrected chi connectivity index (χ0v) is 5.70. The van der Waals surface area contributed by atoms with Crippen molar-refractivity contribution in [3.8, 4) is 0 Å². The van der Waals surface area contributed by atoms with Gasteiger partial charge >= 0.3 is 6.18 Å². The van der Waals surface area contributed by atoms with Crippen molar-refractivity contribution in [2.75, 3.05) is 0 Å². The second-order valence-electron chi connectivity index (χ2n) is 2.12. The van der Waals surface area contributed by atoms with Crippen molar-refractivity contribution in [2.24, 2.45) is 0 Å². The zero-order valence-electron chi connectivity index (χ0n) is 8.70. The topological polar surface area (TPSA) is 32.9 Å².